The number of nitrogens with two attached hydrogens (primary N) is 1. The molecule has 0 fully saturated rings. The van der Waals surface area contributed by atoms with Crippen molar-refractivity contribution in [3.63, 3.8) is 0 Å². The Bertz CT molecular complexity index is 579. The fourth-order valence-electron chi connectivity index (χ4n) is 3.19. The fourth-order valence-corrected chi connectivity index (χ4v) is 3.19. The summed E-state index contributed by atoms with van der Waals surface area (Å²) in [5, 5.41) is 0. The molecular formula is C20H32N2O4. The summed E-state index contributed by atoms with van der Waals surface area (Å²) in [7, 11) is 0. The van der Waals surface area contributed by atoms with E-state index < -0.39 is 0 Å². The number of fused-ring (bicyclic) bond motifs is 1. The summed E-state index contributed by atoms with van der Waals surface area (Å²) in [5.41, 5.74) is 6.62. The highest BCUT2D eigenvalue weighted by molar-refractivity contribution is 5.68. The maximum absolute atomic E-state index is 12.5. The fraction of sp³-hybridized carbons (Fsp3) is 0.650. The minimum atomic E-state index is -0.243. The van der Waals surface area contributed by atoms with Crippen LogP contribution < -0.4 is 15.2 Å². The van der Waals surface area contributed by atoms with Gasteiger partial charge in [-0.15, -0.1) is 0 Å². The van der Waals surface area contributed by atoms with Gasteiger partial charge in [0.05, 0.1) is 0 Å². The molecule has 1 aliphatic heterocycles. The second-order valence-electron chi connectivity index (χ2n) is 6.86. The quantitative estimate of drug-likeness (QED) is 0.641. The summed E-state index contributed by atoms with van der Waals surface area (Å²) in [6.45, 7) is 7.58. The van der Waals surface area contributed by atoms with Crippen molar-refractivity contribution in [1.82, 2.24) is 4.90 Å². The van der Waals surface area contributed by atoms with Gasteiger partial charge in [0.2, 0.25) is 6.79 Å². The van der Waals surface area contributed by atoms with Crippen molar-refractivity contribution in [2.24, 2.45) is 5.73 Å². The third-order valence-corrected chi connectivity index (χ3v) is 4.69. The van der Waals surface area contributed by atoms with Crippen molar-refractivity contribution in [2.45, 2.75) is 65.0 Å². The minimum Gasteiger partial charge on any atom is -0.454 e. The first kappa shape index (κ1) is 20.4. The van der Waals surface area contributed by atoms with E-state index in [4.69, 9.17) is 19.9 Å². The number of likely N-dealkylation sites (N-methyl/N-ethyl adjacent to an activating group) is 1. The zero-order chi connectivity index (χ0) is 18.9. The first-order chi connectivity index (χ1) is 12.5. The van der Waals surface area contributed by atoms with Crippen molar-refractivity contribution >= 4 is 6.09 Å². The van der Waals surface area contributed by atoms with E-state index in [1.165, 1.54) is 0 Å². The lowest BCUT2D eigenvalue weighted by atomic mass is 10.1. The van der Waals surface area contributed by atoms with Crippen LogP contribution in [0.4, 0.5) is 4.79 Å². The largest absolute Gasteiger partial charge is 0.454 e. The Morgan fingerprint density at radius 1 is 1.23 bits per heavy atom. The minimum absolute atomic E-state index is 0.0392. The Balaban J connectivity index is 1.84. The Labute approximate surface area is 156 Å². The van der Waals surface area contributed by atoms with Gasteiger partial charge in [-0.25, -0.2) is 4.79 Å². The van der Waals surface area contributed by atoms with Gasteiger partial charge in [0, 0.05) is 12.6 Å². The van der Waals surface area contributed by atoms with Crippen LogP contribution in [0.5, 0.6) is 11.5 Å². The Kier molecular flexibility index (Phi) is 8.04. The molecule has 0 saturated heterocycles. The summed E-state index contributed by atoms with van der Waals surface area (Å²) in [5.74, 6) is 1.54. The summed E-state index contributed by atoms with van der Waals surface area (Å²) in [4.78, 5) is 14.3. The van der Waals surface area contributed by atoms with E-state index in [1.807, 2.05) is 39.0 Å². The second kappa shape index (κ2) is 10.3. The number of hydrogen-bond acceptors (Lipinski definition) is 5. The number of ether oxygens (including phenoxy) is 3. The molecule has 6 heteroatoms. The van der Waals surface area contributed by atoms with Crippen LogP contribution in [0, 0.1) is 0 Å². The number of carbonyl (C=O) groups excluding carboxylic acids is 1. The maximum atomic E-state index is 12.5. The molecule has 146 valence electrons. The van der Waals surface area contributed by atoms with Crippen molar-refractivity contribution < 1.29 is 19.0 Å². The van der Waals surface area contributed by atoms with Crippen LogP contribution in [-0.2, 0) is 11.2 Å². The van der Waals surface area contributed by atoms with Gasteiger partial charge >= 0.3 is 6.09 Å². The van der Waals surface area contributed by atoms with Gasteiger partial charge < -0.3 is 24.8 Å². The van der Waals surface area contributed by atoms with Crippen LogP contribution in [0.25, 0.3) is 0 Å². The smallest absolute Gasteiger partial charge is 0.410 e. The Hall–Kier alpha value is -1.95. The van der Waals surface area contributed by atoms with E-state index in [0.29, 0.717) is 6.54 Å². The molecule has 0 saturated carbocycles. The molecule has 2 atom stereocenters. The Morgan fingerprint density at radius 3 is 2.73 bits per heavy atom. The van der Waals surface area contributed by atoms with Crippen LogP contribution in [0.2, 0.25) is 0 Å². The first-order valence-electron chi connectivity index (χ1n) is 9.61. The summed E-state index contributed by atoms with van der Waals surface area (Å²) in [6.07, 6.45) is 4.43. The number of unbranched alkanes of at least 4 members (excludes halogenated alkanes) is 2. The SMILES string of the molecule is CCN(C(=O)OC(C)CCCCCN)C(C)Cc1ccc2c(c1)OCO2. The number of nitrogens with zero attached hydrogens (tertiary/aromatic N) is 1. The van der Waals surface area contributed by atoms with E-state index in [1.54, 1.807) is 4.90 Å². The zero-order valence-corrected chi connectivity index (χ0v) is 16.2. The van der Waals surface area contributed by atoms with E-state index in [0.717, 1.165) is 55.7 Å². The van der Waals surface area contributed by atoms with Gasteiger partial charge in [0.25, 0.3) is 0 Å². The lowest BCUT2D eigenvalue weighted by Crippen LogP contribution is -2.41. The molecule has 0 radical (unpaired) electrons. The molecule has 0 spiro atoms. The monoisotopic (exact) mass is 364 g/mol. The molecule has 0 aromatic heterocycles. The summed E-state index contributed by atoms with van der Waals surface area (Å²) >= 11 is 0. The lowest BCUT2D eigenvalue weighted by molar-refractivity contribution is 0.0569. The highest BCUT2D eigenvalue weighted by atomic mass is 16.7. The van der Waals surface area contributed by atoms with Crippen molar-refractivity contribution in [1.29, 1.82) is 0 Å². The number of rotatable bonds is 10. The number of benzene rings is 1. The molecule has 1 amide bonds. The second-order valence-corrected chi connectivity index (χ2v) is 6.86. The van der Waals surface area contributed by atoms with E-state index in [9.17, 15) is 4.79 Å². The topological polar surface area (TPSA) is 74.0 Å². The van der Waals surface area contributed by atoms with Crippen molar-refractivity contribution in [2.75, 3.05) is 19.9 Å². The number of amides is 1. The molecule has 1 aromatic carbocycles. The molecule has 2 unspecified atom stereocenters. The predicted octanol–water partition coefficient (Wildman–Crippen LogP) is 3.71. The van der Waals surface area contributed by atoms with Crippen molar-refractivity contribution in [3.05, 3.63) is 23.8 Å². The van der Waals surface area contributed by atoms with Crippen molar-refractivity contribution in [3.8, 4) is 11.5 Å². The predicted molar refractivity (Wildman–Crippen MR) is 102 cm³/mol. The molecule has 26 heavy (non-hydrogen) atoms. The maximum Gasteiger partial charge on any atom is 0.410 e. The normalized spacial score (nSPS) is 14.8. The standard InChI is InChI=1S/C20H32N2O4/c1-4-22(20(23)26-16(3)8-6-5-7-11-21)15(2)12-17-9-10-18-19(13-17)25-14-24-18/h9-10,13,15-16H,4-8,11-12,14,21H2,1-3H3. The third kappa shape index (κ3) is 5.80. The molecule has 6 nitrogen and oxygen atoms in total. The van der Waals surface area contributed by atoms with Gasteiger partial charge in [0.1, 0.15) is 6.10 Å². The summed E-state index contributed by atoms with van der Waals surface area (Å²) in [6, 6.07) is 5.96. The summed E-state index contributed by atoms with van der Waals surface area (Å²) < 4.78 is 16.4. The van der Waals surface area contributed by atoms with Gasteiger partial charge in [-0.3, -0.25) is 0 Å². The highest BCUT2D eigenvalue weighted by Crippen LogP contribution is 2.33. The van der Waals surface area contributed by atoms with Gasteiger partial charge in [-0.1, -0.05) is 12.5 Å². The van der Waals surface area contributed by atoms with E-state index >= 15 is 0 Å². The molecule has 2 rings (SSSR count). The first-order valence-corrected chi connectivity index (χ1v) is 9.61. The molecule has 2 N–H and O–H groups in total. The van der Waals surface area contributed by atoms with Gasteiger partial charge in [-0.05, 0) is 70.7 Å². The molecule has 0 bridgehead atoms. The molecular weight excluding hydrogens is 332 g/mol. The molecule has 0 aliphatic carbocycles. The Morgan fingerprint density at radius 2 is 2.00 bits per heavy atom. The van der Waals surface area contributed by atoms with E-state index in [-0.39, 0.29) is 25.0 Å². The van der Waals surface area contributed by atoms with E-state index in [2.05, 4.69) is 0 Å². The van der Waals surface area contributed by atoms with Gasteiger partial charge in [0.15, 0.2) is 11.5 Å². The number of hydrogen-bond donors (Lipinski definition) is 1. The lowest BCUT2D eigenvalue weighted by Gasteiger charge is -2.29. The average Bonchev–Trinajstić information content (AvgIpc) is 3.07. The molecule has 1 heterocycles. The van der Waals surface area contributed by atoms with Crippen LogP contribution in [0.3, 0.4) is 0 Å². The molecule has 1 aromatic rings. The molecule has 1 aliphatic rings. The third-order valence-electron chi connectivity index (χ3n) is 4.69. The van der Waals surface area contributed by atoms with Crippen LogP contribution >= 0.6 is 0 Å². The highest BCUT2D eigenvalue weighted by Gasteiger charge is 2.23. The van der Waals surface area contributed by atoms with Crippen LogP contribution in [0.1, 0.15) is 52.0 Å². The average molecular weight is 364 g/mol. The van der Waals surface area contributed by atoms with Crippen LogP contribution in [0.15, 0.2) is 18.2 Å². The van der Waals surface area contributed by atoms with Gasteiger partial charge in [-0.2, -0.15) is 0 Å². The zero-order valence-electron chi connectivity index (χ0n) is 16.2. The van der Waals surface area contributed by atoms with Crippen LogP contribution in [-0.4, -0.2) is 43.0 Å². The number of carbonyl (C=O) groups is 1.